The van der Waals surface area contributed by atoms with E-state index >= 15 is 0 Å². The monoisotopic (exact) mass is 167 g/mol. The Hall–Kier alpha value is -0.520. The second-order valence-corrected chi connectivity index (χ2v) is 3.11. The van der Waals surface area contributed by atoms with Crippen LogP contribution in [0.25, 0.3) is 0 Å². The van der Waals surface area contributed by atoms with Gasteiger partial charge in [-0.3, -0.25) is 0 Å². The van der Waals surface area contributed by atoms with E-state index in [1.54, 1.807) is 0 Å². The highest BCUT2D eigenvalue weighted by Crippen LogP contribution is 2.10. The molecular formula is C10H17NO. The fraction of sp³-hybridized carbons (Fsp3) is 0.800. The Morgan fingerprint density at radius 2 is 2.50 bits per heavy atom. The van der Waals surface area contributed by atoms with E-state index in [0.29, 0.717) is 0 Å². The fourth-order valence-electron chi connectivity index (χ4n) is 1.33. The molecule has 1 atom stereocenters. The minimum Gasteiger partial charge on any atom is -0.381 e. The van der Waals surface area contributed by atoms with E-state index < -0.39 is 0 Å². The Morgan fingerprint density at radius 1 is 1.58 bits per heavy atom. The molecule has 1 rings (SSSR count). The van der Waals surface area contributed by atoms with E-state index in [2.05, 4.69) is 17.2 Å². The van der Waals surface area contributed by atoms with Crippen molar-refractivity contribution in [2.24, 2.45) is 5.92 Å². The first-order chi connectivity index (χ1) is 5.93. The van der Waals surface area contributed by atoms with Crippen molar-refractivity contribution in [3.63, 3.8) is 0 Å². The number of nitrogens with one attached hydrogen (secondary N) is 1. The predicted molar refractivity (Wildman–Crippen MR) is 49.9 cm³/mol. The molecule has 0 aromatic heterocycles. The highest BCUT2D eigenvalue weighted by Gasteiger charge is 2.13. The molecule has 1 unspecified atom stereocenters. The van der Waals surface area contributed by atoms with Gasteiger partial charge in [0.15, 0.2) is 0 Å². The molecule has 0 spiro atoms. The van der Waals surface area contributed by atoms with Gasteiger partial charge in [0, 0.05) is 26.1 Å². The molecule has 2 heteroatoms. The molecule has 0 aliphatic carbocycles. The molecule has 1 N–H and O–H groups in total. The first-order valence-corrected chi connectivity index (χ1v) is 4.61. The van der Waals surface area contributed by atoms with Crippen molar-refractivity contribution in [2.75, 3.05) is 26.3 Å². The zero-order chi connectivity index (χ0) is 8.65. The van der Waals surface area contributed by atoms with Crippen LogP contribution in [-0.2, 0) is 4.74 Å². The average molecular weight is 167 g/mol. The SMILES string of the molecule is CC#CCCNCC1CCOC1. The van der Waals surface area contributed by atoms with Crippen LogP contribution in [0.5, 0.6) is 0 Å². The van der Waals surface area contributed by atoms with Crippen LogP contribution in [0.4, 0.5) is 0 Å². The van der Waals surface area contributed by atoms with Gasteiger partial charge in [-0.15, -0.1) is 11.8 Å². The Labute approximate surface area is 74.7 Å². The molecule has 0 saturated carbocycles. The summed E-state index contributed by atoms with van der Waals surface area (Å²) in [5, 5.41) is 3.38. The van der Waals surface area contributed by atoms with E-state index in [-0.39, 0.29) is 0 Å². The van der Waals surface area contributed by atoms with Crippen molar-refractivity contribution in [1.29, 1.82) is 0 Å². The summed E-state index contributed by atoms with van der Waals surface area (Å²) in [5.74, 6) is 6.65. The molecule has 12 heavy (non-hydrogen) atoms. The van der Waals surface area contributed by atoms with Gasteiger partial charge >= 0.3 is 0 Å². The van der Waals surface area contributed by atoms with Crippen LogP contribution in [0.1, 0.15) is 19.8 Å². The van der Waals surface area contributed by atoms with Gasteiger partial charge in [-0.1, -0.05) is 0 Å². The first-order valence-electron chi connectivity index (χ1n) is 4.61. The van der Waals surface area contributed by atoms with Crippen LogP contribution < -0.4 is 5.32 Å². The number of hydrogen-bond donors (Lipinski definition) is 1. The Kier molecular flexibility index (Phi) is 4.82. The summed E-state index contributed by atoms with van der Waals surface area (Å²) in [6.07, 6.45) is 2.18. The Balaban J connectivity index is 1.90. The molecule has 68 valence electrons. The lowest BCUT2D eigenvalue weighted by Gasteiger charge is -2.06. The van der Waals surface area contributed by atoms with Crippen molar-refractivity contribution in [3.8, 4) is 11.8 Å². The third-order valence-electron chi connectivity index (χ3n) is 2.06. The van der Waals surface area contributed by atoms with Crippen LogP contribution in [0.3, 0.4) is 0 Å². The summed E-state index contributed by atoms with van der Waals surface area (Å²) in [7, 11) is 0. The summed E-state index contributed by atoms with van der Waals surface area (Å²) in [6, 6.07) is 0. The van der Waals surface area contributed by atoms with E-state index in [9.17, 15) is 0 Å². The van der Waals surface area contributed by atoms with Gasteiger partial charge in [-0.05, 0) is 19.3 Å². The summed E-state index contributed by atoms with van der Waals surface area (Å²) in [4.78, 5) is 0. The maximum atomic E-state index is 5.27. The smallest absolute Gasteiger partial charge is 0.0507 e. The molecule has 0 aromatic rings. The molecule has 1 saturated heterocycles. The molecule has 2 nitrogen and oxygen atoms in total. The maximum absolute atomic E-state index is 5.27. The Morgan fingerprint density at radius 3 is 3.17 bits per heavy atom. The standard InChI is InChI=1S/C10H17NO/c1-2-3-4-6-11-8-10-5-7-12-9-10/h10-11H,4-9H2,1H3. The van der Waals surface area contributed by atoms with Gasteiger partial charge < -0.3 is 10.1 Å². The van der Waals surface area contributed by atoms with E-state index in [1.807, 2.05) is 6.92 Å². The van der Waals surface area contributed by atoms with Crippen molar-refractivity contribution in [3.05, 3.63) is 0 Å². The summed E-state index contributed by atoms with van der Waals surface area (Å²) in [5.41, 5.74) is 0. The van der Waals surface area contributed by atoms with Crippen molar-refractivity contribution >= 4 is 0 Å². The lowest BCUT2D eigenvalue weighted by atomic mass is 10.1. The number of ether oxygens (including phenoxy) is 1. The van der Waals surface area contributed by atoms with Crippen LogP contribution in [0, 0.1) is 17.8 Å². The molecule has 0 amide bonds. The minimum absolute atomic E-state index is 0.736. The Bertz CT molecular complexity index is 162. The zero-order valence-corrected chi connectivity index (χ0v) is 7.73. The van der Waals surface area contributed by atoms with Gasteiger partial charge in [0.1, 0.15) is 0 Å². The molecule has 1 aliphatic rings. The van der Waals surface area contributed by atoms with Crippen molar-refractivity contribution in [1.82, 2.24) is 5.32 Å². The third kappa shape index (κ3) is 3.75. The van der Waals surface area contributed by atoms with Gasteiger partial charge in [0.05, 0.1) is 6.61 Å². The quantitative estimate of drug-likeness (QED) is 0.498. The molecule has 0 bridgehead atoms. The molecule has 1 fully saturated rings. The lowest BCUT2D eigenvalue weighted by molar-refractivity contribution is 0.185. The van der Waals surface area contributed by atoms with E-state index in [1.165, 1.54) is 6.42 Å². The highest BCUT2D eigenvalue weighted by atomic mass is 16.5. The predicted octanol–water partition coefficient (Wildman–Crippen LogP) is 1.03. The number of rotatable bonds is 4. The van der Waals surface area contributed by atoms with Crippen molar-refractivity contribution < 1.29 is 4.74 Å². The van der Waals surface area contributed by atoms with Crippen LogP contribution >= 0.6 is 0 Å². The summed E-state index contributed by atoms with van der Waals surface area (Å²) < 4.78 is 5.27. The molecule has 0 radical (unpaired) electrons. The van der Waals surface area contributed by atoms with Gasteiger partial charge in [-0.2, -0.15) is 0 Å². The normalized spacial score (nSPS) is 21.9. The second-order valence-electron chi connectivity index (χ2n) is 3.11. The highest BCUT2D eigenvalue weighted by molar-refractivity contribution is 4.95. The molecule has 1 aliphatic heterocycles. The van der Waals surface area contributed by atoms with Crippen molar-refractivity contribution in [2.45, 2.75) is 19.8 Å². The van der Waals surface area contributed by atoms with E-state index in [4.69, 9.17) is 4.74 Å². The summed E-state index contributed by atoms with van der Waals surface area (Å²) in [6.45, 7) is 5.86. The molecule has 1 heterocycles. The largest absolute Gasteiger partial charge is 0.381 e. The van der Waals surface area contributed by atoms with Gasteiger partial charge in [-0.25, -0.2) is 0 Å². The second kappa shape index (κ2) is 6.05. The third-order valence-corrected chi connectivity index (χ3v) is 2.06. The molecule has 0 aromatic carbocycles. The van der Waals surface area contributed by atoms with Crippen LogP contribution in [-0.4, -0.2) is 26.3 Å². The average Bonchev–Trinajstić information content (AvgIpc) is 2.57. The first kappa shape index (κ1) is 9.57. The lowest BCUT2D eigenvalue weighted by Crippen LogP contribution is -2.23. The van der Waals surface area contributed by atoms with Gasteiger partial charge in [0.25, 0.3) is 0 Å². The van der Waals surface area contributed by atoms with E-state index in [0.717, 1.165) is 38.6 Å². The number of hydrogen-bond acceptors (Lipinski definition) is 2. The molecular weight excluding hydrogens is 150 g/mol. The zero-order valence-electron chi connectivity index (χ0n) is 7.73. The maximum Gasteiger partial charge on any atom is 0.0507 e. The topological polar surface area (TPSA) is 21.3 Å². The van der Waals surface area contributed by atoms with Crippen LogP contribution in [0.2, 0.25) is 0 Å². The fourth-order valence-corrected chi connectivity index (χ4v) is 1.33. The summed E-state index contributed by atoms with van der Waals surface area (Å²) >= 11 is 0. The minimum atomic E-state index is 0.736. The van der Waals surface area contributed by atoms with Crippen LogP contribution in [0.15, 0.2) is 0 Å². The van der Waals surface area contributed by atoms with Gasteiger partial charge in [0.2, 0.25) is 0 Å².